The van der Waals surface area contributed by atoms with Gasteiger partial charge in [-0.15, -0.1) is 0 Å². The van der Waals surface area contributed by atoms with Crippen molar-refractivity contribution in [1.29, 1.82) is 0 Å². The Bertz CT molecular complexity index is 841. The van der Waals surface area contributed by atoms with E-state index in [9.17, 15) is 4.79 Å². The second-order valence-corrected chi connectivity index (χ2v) is 4.52. The van der Waals surface area contributed by atoms with Gasteiger partial charge in [0.25, 0.3) is 0 Å². The number of aryl methyl sites for hydroxylation is 1. The summed E-state index contributed by atoms with van der Waals surface area (Å²) in [7, 11) is 1.77. The zero-order valence-electron chi connectivity index (χ0n) is 11.4. The summed E-state index contributed by atoms with van der Waals surface area (Å²) in [5, 5.41) is 13.9. The third-order valence-electron chi connectivity index (χ3n) is 3.21. The van der Waals surface area contributed by atoms with Gasteiger partial charge in [-0.1, -0.05) is 6.07 Å². The zero-order valence-corrected chi connectivity index (χ0v) is 11.4. The molecule has 7 heteroatoms. The van der Waals surface area contributed by atoms with Gasteiger partial charge in [-0.2, -0.15) is 5.10 Å². The van der Waals surface area contributed by atoms with Crippen LogP contribution in [-0.2, 0) is 7.05 Å². The van der Waals surface area contributed by atoms with Crippen LogP contribution in [0, 0.1) is 6.92 Å². The number of carboxylic acid groups (broad SMARTS) is 1. The normalized spacial score (nSPS) is 10.8. The quantitative estimate of drug-likeness (QED) is 0.792. The molecule has 3 rings (SSSR count). The van der Waals surface area contributed by atoms with Gasteiger partial charge in [-0.25, -0.2) is 14.8 Å². The molecule has 3 aromatic rings. The molecule has 0 unspecified atom stereocenters. The van der Waals surface area contributed by atoms with Crippen molar-refractivity contribution >= 4 is 17.0 Å². The number of carboxylic acids is 1. The highest BCUT2D eigenvalue weighted by Crippen LogP contribution is 2.29. The van der Waals surface area contributed by atoms with Crippen LogP contribution < -0.4 is 4.74 Å². The highest BCUT2D eigenvalue weighted by atomic mass is 16.5. The van der Waals surface area contributed by atoms with Crippen molar-refractivity contribution in [2.75, 3.05) is 0 Å². The summed E-state index contributed by atoms with van der Waals surface area (Å²) < 4.78 is 7.37. The Morgan fingerprint density at radius 3 is 2.90 bits per heavy atom. The summed E-state index contributed by atoms with van der Waals surface area (Å²) in [6.45, 7) is 1.69. The summed E-state index contributed by atoms with van der Waals surface area (Å²) in [5.41, 5.74) is 1.39. The van der Waals surface area contributed by atoms with E-state index in [2.05, 4.69) is 15.1 Å². The fraction of sp³-hybridized carbons (Fsp3) is 0.143. The molecular formula is C14H12N4O3. The molecule has 0 fully saturated rings. The molecule has 21 heavy (non-hydrogen) atoms. The lowest BCUT2D eigenvalue weighted by Gasteiger charge is -2.10. The van der Waals surface area contributed by atoms with Crippen molar-refractivity contribution in [2.45, 2.75) is 6.92 Å². The van der Waals surface area contributed by atoms with Crippen LogP contribution in [0.15, 0.2) is 30.7 Å². The largest absolute Gasteiger partial charge is 0.478 e. The standard InChI is InChI=1S/C14H12N4O3/c1-8-9(14(19)20)4-3-5-11(8)21-13-10-6-17-18(2)12(10)15-7-16-13/h3-7H,1-2H3,(H,19,20). The molecule has 0 atom stereocenters. The number of aromatic nitrogens is 4. The van der Waals surface area contributed by atoms with E-state index in [1.54, 1.807) is 37.0 Å². The fourth-order valence-corrected chi connectivity index (χ4v) is 2.08. The van der Waals surface area contributed by atoms with Gasteiger partial charge in [0.1, 0.15) is 17.5 Å². The Labute approximate surface area is 119 Å². The predicted octanol–water partition coefficient (Wildman–Crippen LogP) is 2.16. The number of benzene rings is 1. The monoisotopic (exact) mass is 284 g/mol. The number of fused-ring (bicyclic) bond motifs is 1. The molecule has 106 valence electrons. The van der Waals surface area contributed by atoms with Gasteiger partial charge < -0.3 is 9.84 Å². The molecule has 1 aromatic carbocycles. The maximum absolute atomic E-state index is 11.1. The Hall–Kier alpha value is -2.96. The lowest BCUT2D eigenvalue weighted by molar-refractivity contribution is 0.0695. The van der Waals surface area contributed by atoms with Crippen LogP contribution in [0.4, 0.5) is 0 Å². The first-order valence-corrected chi connectivity index (χ1v) is 6.21. The number of nitrogens with zero attached hydrogens (tertiary/aromatic N) is 4. The Morgan fingerprint density at radius 2 is 2.14 bits per heavy atom. The first-order valence-electron chi connectivity index (χ1n) is 6.21. The third kappa shape index (κ3) is 2.18. The summed E-state index contributed by atoms with van der Waals surface area (Å²) in [5.74, 6) is -0.204. The number of ether oxygens (including phenoxy) is 1. The summed E-state index contributed by atoms with van der Waals surface area (Å²) in [6.07, 6.45) is 3.00. The second-order valence-electron chi connectivity index (χ2n) is 4.52. The van der Waals surface area contributed by atoms with E-state index in [1.165, 1.54) is 12.4 Å². The first kappa shape index (κ1) is 13.0. The predicted molar refractivity (Wildman–Crippen MR) is 74.5 cm³/mol. The molecule has 2 heterocycles. The number of carbonyl (C=O) groups is 1. The average Bonchev–Trinajstić information content (AvgIpc) is 2.84. The summed E-state index contributed by atoms with van der Waals surface area (Å²) in [6, 6.07) is 4.86. The maximum atomic E-state index is 11.1. The SMILES string of the molecule is Cc1c(Oc2ncnc3c2cnn3C)cccc1C(=O)O. The average molecular weight is 284 g/mol. The molecule has 0 saturated carbocycles. The minimum Gasteiger partial charge on any atom is -0.478 e. The van der Waals surface area contributed by atoms with Crippen molar-refractivity contribution in [3.05, 3.63) is 41.9 Å². The summed E-state index contributed by atoms with van der Waals surface area (Å²) in [4.78, 5) is 19.4. The van der Waals surface area contributed by atoms with E-state index in [1.807, 2.05) is 0 Å². The van der Waals surface area contributed by atoms with Crippen LogP contribution in [0.3, 0.4) is 0 Å². The minimum absolute atomic E-state index is 0.198. The van der Waals surface area contributed by atoms with Gasteiger partial charge >= 0.3 is 5.97 Å². The number of hydrogen-bond acceptors (Lipinski definition) is 5. The zero-order chi connectivity index (χ0) is 15.0. The molecule has 2 aromatic heterocycles. The van der Waals surface area contributed by atoms with Crippen LogP contribution >= 0.6 is 0 Å². The third-order valence-corrected chi connectivity index (χ3v) is 3.21. The van der Waals surface area contributed by atoms with Crippen LogP contribution in [0.5, 0.6) is 11.6 Å². The van der Waals surface area contributed by atoms with Gasteiger partial charge in [-0.3, -0.25) is 4.68 Å². The van der Waals surface area contributed by atoms with E-state index < -0.39 is 5.97 Å². The molecule has 0 amide bonds. The molecule has 0 aliphatic heterocycles. The Kier molecular flexibility index (Phi) is 3.02. The summed E-state index contributed by atoms with van der Waals surface area (Å²) >= 11 is 0. The van der Waals surface area contributed by atoms with E-state index in [-0.39, 0.29) is 5.56 Å². The molecule has 0 aliphatic rings. The van der Waals surface area contributed by atoms with E-state index >= 15 is 0 Å². The molecular weight excluding hydrogens is 272 g/mol. The smallest absolute Gasteiger partial charge is 0.336 e. The molecule has 0 spiro atoms. The minimum atomic E-state index is -0.993. The lowest BCUT2D eigenvalue weighted by Crippen LogP contribution is -2.01. The van der Waals surface area contributed by atoms with Crippen molar-refractivity contribution in [1.82, 2.24) is 19.7 Å². The molecule has 0 aliphatic carbocycles. The fourth-order valence-electron chi connectivity index (χ4n) is 2.08. The maximum Gasteiger partial charge on any atom is 0.336 e. The van der Waals surface area contributed by atoms with E-state index in [0.29, 0.717) is 28.2 Å². The highest BCUT2D eigenvalue weighted by molar-refractivity contribution is 5.90. The van der Waals surface area contributed by atoms with Gasteiger partial charge in [0.05, 0.1) is 11.8 Å². The Morgan fingerprint density at radius 1 is 1.33 bits per heavy atom. The van der Waals surface area contributed by atoms with Crippen molar-refractivity contribution in [3.8, 4) is 11.6 Å². The molecule has 0 radical (unpaired) electrons. The van der Waals surface area contributed by atoms with Gasteiger partial charge in [-0.05, 0) is 19.1 Å². The van der Waals surface area contributed by atoms with Crippen LogP contribution in [0.1, 0.15) is 15.9 Å². The van der Waals surface area contributed by atoms with Crippen LogP contribution in [0.25, 0.3) is 11.0 Å². The molecule has 1 N–H and O–H groups in total. The first-order chi connectivity index (χ1) is 10.1. The topological polar surface area (TPSA) is 90.1 Å². The Balaban J connectivity index is 2.07. The van der Waals surface area contributed by atoms with Gasteiger partial charge in [0.2, 0.25) is 5.88 Å². The van der Waals surface area contributed by atoms with Crippen LogP contribution in [0.2, 0.25) is 0 Å². The second kappa shape index (κ2) is 4.86. The number of hydrogen-bond donors (Lipinski definition) is 1. The van der Waals surface area contributed by atoms with Crippen LogP contribution in [-0.4, -0.2) is 30.8 Å². The van der Waals surface area contributed by atoms with Gasteiger partial charge in [0, 0.05) is 12.6 Å². The van der Waals surface area contributed by atoms with Crippen molar-refractivity contribution in [2.24, 2.45) is 7.05 Å². The molecule has 0 saturated heterocycles. The lowest BCUT2D eigenvalue weighted by atomic mass is 10.1. The number of aromatic carboxylic acids is 1. The number of rotatable bonds is 3. The van der Waals surface area contributed by atoms with Gasteiger partial charge in [0.15, 0.2) is 5.65 Å². The molecule has 7 nitrogen and oxygen atoms in total. The van der Waals surface area contributed by atoms with Crippen molar-refractivity contribution < 1.29 is 14.6 Å². The highest BCUT2D eigenvalue weighted by Gasteiger charge is 2.14. The molecule has 0 bridgehead atoms. The van der Waals surface area contributed by atoms with Crippen molar-refractivity contribution in [3.63, 3.8) is 0 Å². The van der Waals surface area contributed by atoms with E-state index in [0.717, 1.165) is 0 Å². The van der Waals surface area contributed by atoms with E-state index in [4.69, 9.17) is 9.84 Å².